The molecule has 0 aromatic carbocycles. The van der Waals surface area contributed by atoms with Gasteiger partial charge in [-0.15, -0.1) is 0 Å². The molecule has 80 valence electrons. The lowest BCUT2D eigenvalue weighted by atomic mass is 9.94. The van der Waals surface area contributed by atoms with Crippen molar-refractivity contribution in [2.75, 3.05) is 0 Å². The molecule has 0 radical (unpaired) electrons. The van der Waals surface area contributed by atoms with Crippen molar-refractivity contribution in [3.05, 3.63) is 0 Å². The zero-order valence-electron chi connectivity index (χ0n) is 8.67. The van der Waals surface area contributed by atoms with E-state index in [0.717, 1.165) is 25.7 Å². The van der Waals surface area contributed by atoms with E-state index in [2.05, 4.69) is 0 Å². The highest BCUT2D eigenvalue weighted by molar-refractivity contribution is 7.80. The molecule has 0 aliphatic heterocycles. The van der Waals surface area contributed by atoms with Gasteiger partial charge in [0.25, 0.3) is 5.79 Å². The van der Waals surface area contributed by atoms with Crippen molar-refractivity contribution in [3.8, 4) is 0 Å². The molecular formula is C10H16O2S2. The molecule has 2 nitrogen and oxygen atoms in total. The molecule has 4 heteroatoms. The quantitative estimate of drug-likeness (QED) is 0.536. The third-order valence-corrected chi connectivity index (χ3v) is 2.44. The summed E-state index contributed by atoms with van der Waals surface area (Å²) in [5, 5.41) is 1.06. The van der Waals surface area contributed by atoms with E-state index in [4.69, 9.17) is 33.9 Å². The monoisotopic (exact) mass is 232 g/mol. The van der Waals surface area contributed by atoms with Gasteiger partial charge in [0.05, 0.1) is 0 Å². The fraction of sp³-hybridized carbons (Fsp3) is 0.800. The minimum Gasteiger partial charge on any atom is -0.446 e. The molecule has 1 saturated carbocycles. The van der Waals surface area contributed by atoms with E-state index in [9.17, 15) is 0 Å². The lowest BCUT2D eigenvalue weighted by Crippen LogP contribution is -2.40. The van der Waals surface area contributed by atoms with E-state index >= 15 is 0 Å². The van der Waals surface area contributed by atoms with Crippen LogP contribution in [-0.2, 0) is 9.47 Å². The van der Waals surface area contributed by atoms with Crippen LogP contribution in [0.15, 0.2) is 0 Å². The van der Waals surface area contributed by atoms with Crippen LogP contribution < -0.4 is 0 Å². The summed E-state index contributed by atoms with van der Waals surface area (Å²) in [4.78, 5) is 0. The van der Waals surface area contributed by atoms with Gasteiger partial charge in [-0.2, -0.15) is 0 Å². The molecule has 1 aliphatic carbocycles. The lowest BCUT2D eigenvalue weighted by molar-refractivity contribution is -0.153. The van der Waals surface area contributed by atoms with Gasteiger partial charge in [0.2, 0.25) is 0 Å². The Hall–Kier alpha value is -0.220. The number of hydrogen-bond acceptors (Lipinski definition) is 4. The molecule has 1 aliphatic rings. The molecule has 1 fully saturated rings. The fourth-order valence-electron chi connectivity index (χ4n) is 1.84. The SMILES string of the molecule is CC(=S)OC1(OC(C)=S)CCCCC1. The molecule has 0 atom stereocenters. The largest absolute Gasteiger partial charge is 0.446 e. The smallest absolute Gasteiger partial charge is 0.252 e. The van der Waals surface area contributed by atoms with Crippen LogP contribution in [0.4, 0.5) is 0 Å². The Morgan fingerprint density at radius 3 is 1.71 bits per heavy atom. The Bertz CT molecular complexity index is 214. The van der Waals surface area contributed by atoms with Gasteiger partial charge in [-0.1, -0.05) is 6.42 Å². The molecule has 0 amide bonds. The minimum absolute atomic E-state index is 0.531. The summed E-state index contributed by atoms with van der Waals surface area (Å²) >= 11 is 9.91. The summed E-state index contributed by atoms with van der Waals surface area (Å²) in [6, 6.07) is 0. The van der Waals surface area contributed by atoms with E-state index in [0.29, 0.717) is 10.1 Å². The summed E-state index contributed by atoms with van der Waals surface area (Å²) in [6.07, 6.45) is 5.24. The third kappa shape index (κ3) is 3.50. The number of hydrogen-bond donors (Lipinski definition) is 0. The molecule has 0 heterocycles. The van der Waals surface area contributed by atoms with Crippen LogP contribution in [0.2, 0.25) is 0 Å². The van der Waals surface area contributed by atoms with E-state index in [1.165, 1.54) is 6.42 Å². The van der Waals surface area contributed by atoms with Crippen LogP contribution >= 0.6 is 24.4 Å². The first-order valence-corrected chi connectivity index (χ1v) is 5.75. The molecule has 1 rings (SSSR count). The predicted octanol–water partition coefficient (Wildman–Crippen LogP) is 3.37. The molecule has 0 N–H and O–H groups in total. The second-order valence-electron chi connectivity index (χ2n) is 3.66. The first kappa shape index (κ1) is 11.9. The van der Waals surface area contributed by atoms with Crippen LogP contribution in [0.5, 0.6) is 0 Å². The molecule has 0 saturated heterocycles. The highest BCUT2D eigenvalue weighted by Gasteiger charge is 2.36. The third-order valence-electron chi connectivity index (χ3n) is 2.27. The topological polar surface area (TPSA) is 18.5 Å². The van der Waals surface area contributed by atoms with Crippen molar-refractivity contribution in [3.63, 3.8) is 0 Å². The summed E-state index contributed by atoms with van der Waals surface area (Å²) in [6.45, 7) is 3.54. The van der Waals surface area contributed by atoms with Crippen LogP contribution in [-0.4, -0.2) is 15.9 Å². The minimum atomic E-state index is -0.560. The second kappa shape index (κ2) is 5.03. The Morgan fingerprint density at radius 2 is 1.36 bits per heavy atom. The maximum absolute atomic E-state index is 5.61. The van der Waals surface area contributed by atoms with Crippen LogP contribution in [0.25, 0.3) is 0 Å². The second-order valence-corrected chi connectivity index (χ2v) is 4.81. The van der Waals surface area contributed by atoms with E-state index < -0.39 is 5.79 Å². The lowest BCUT2D eigenvalue weighted by Gasteiger charge is -2.36. The Kier molecular flexibility index (Phi) is 4.26. The van der Waals surface area contributed by atoms with Gasteiger partial charge in [-0.3, -0.25) is 0 Å². The summed E-state index contributed by atoms with van der Waals surface area (Å²) < 4.78 is 11.2. The zero-order valence-corrected chi connectivity index (χ0v) is 10.3. The molecule has 0 aromatic rings. The van der Waals surface area contributed by atoms with Gasteiger partial charge < -0.3 is 9.47 Å². The van der Waals surface area contributed by atoms with Crippen molar-refractivity contribution >= 4 is 34.5 Å². The van der Waals surface area contributed by atoms with Gasteiger partial charge >= 0.3 is 0 Å². The maximum atomic E-state index is 5.61. The normalized spacial score (nSPS) is 19.9. The highest BCUT2D eigenvalue weighted by Crippen LogP contribution is 2.33. The van der Waals surface area contributed by atoms with E-state index in [-0.39, 0.29) is 0 Å². The zero-order chi connectivity index (χ0) is 10.6. The van der Waals surface area contributed by atoms with Gasteiger partial charge in [0, 0.05) is 26.7 Å². The number of thiocarbonyl (C=S) groups is 2. The standard InChI is InChI=1S/C10H16O2S2/c1-8(13)11-10(12-9(2)14)6-4-3-5-7-10/h3-7H2,1-2H3. The fourth-order valence-corrected chi connectivity index (χ4v) is 2.14. The number of rotatable bonds is 2. The predicted molar refractivity (Wildman–Crippen MR) is 64.5 cm³/mol. The molecule has 0 unspecified atom stereocenters. The Morgan fingerprint density at radius 1 is 0.929 bits per heavy atom. The molecule has 0 bridgehead atoms. The Labute approximate surface area is 96.0 Å². The summed E-state index contributed by atoms with van der Waals surface area (Å²) in [5.74, 6) is -0.560. The molecule has 0 aromatic heterocycles. The summed E-state index contributed by atoms with van der Waals surface area (Å²) in [7, 11) is 0. The van der Waals surface area contributed by atoms with Crippen LogP contribution in [0.3, 0.4) is 0 Å². The van der Waals surface area contributed by atoms with Crippen molar-refractivity contribution in [1.29, 1.82) is 0 Å². The molecular weight excluding hydrogens is 216 g/mol. The van der Waals surface area contributed by atoms with Gasteiger partial charge in [-0.05, 0) is 37.3 Å². The summed E-state index contributed by atoms with van der Waals surface area (Å²) in [5.41, 5.74) is 0. The van der Waals surface area contributed by atoms with Gasteiger partial charge in [0.15, 0.2) is 10.1 Å². The molecule has 0 spiro atoms. The molecule has 14 heavy (non-hydrogen) atoms. The average molecular weight is 232 g/mol. The van der Waals surface area contributed by atoms with E-state index in [1.54, 1.807) is 13.8 Å². The first-order chi connectivity index (χ1) is 6.54. The average Bonchev–Trinajstić information content (AvgIpc) is 2.01. The first-order valence-electron chi connectivity index (χ1n) is 4.93. The van der Waals surface area contributed by atoms with Crippen LogP contribution in [0.1, 0.15) is 46.0 Å². The van der Waals surface area contributed by atoms with E-state index in [1.807, 2.05) is 0 Å². The van der Waals surface area contributed by atoms with Gasteiger partial charge in [-0.25, -0.2) is 0 Å². The number of ether oxygens (including phenoxy) is 2. The Balaban J connectivity index is 2.66. The van der Waals surface area contributed by atoms with Crippen LogP contribution in [0, 0.1) is 0 Å². The van der Waals surface area contributed by atoms with Gasteiger partial charge in [0.1, 0.15) is 0 Å². The van der Waals surface area contributed by atoms with Crippen molar-refractivity contribution < 1.29 is 9.47 Å². The highest BCUT2D eigenvalue weighted by atomic mass is 32.1. The maximum Gasteiger partial charge on any atom is 0.252 e. The van der Waals surface area contributed by atoms with Crippen molar-refractivity contribution in [1.82, 2.24) is 0 Å². The van der Waals surface area contributed by atoms with Crippen molar-refractivity contribution in [2.45, 2.75) is 51.7 Å². The van der Waals surface area contributed by atoms with Crippen molar-refractivity contribution in [2.24, 2.45) is 0 Å².